The van der Waals surface area contributed by atoms with E-state index in [0.29, 0.717) is 28.5 Å². The summed E-state index contributed by atoms with van der Waals surface area (Å²) in [5.74, 6) is -0.264. The second-order valence-electron chi connectivity index (χ2n) is 8.10. The van der Waals surface area contributed by atoms with E-state index in [9.17, 15) is 9.18 Å². The number of ether oxygens (including phenoxy) is 1. The molecule has 0 aliphatic carbocycles. The number of carbonyl (C=O) groups is 1. The average Bonchev–Trinajstić information content (AvgIpc) is 3.39. The van der Waals surface area contributed by atoms with Crippen molar-refractivity contribution in [3.8, 4) is 0 Å². The van der Waals surface area contributed by atoms with E-state index in [1.54, 1.807) is 36.8 Å². The van der Waals surface area contributed by atoms with E-state index in [-0.39, 0.29) is 10.7 Å². The minimum absolute atomic E-state index is 0.0102. The number of carbonyl (C=O) groups excluding carboxylic acids is 1. The van der Waals surface area contributed by atoms with Crippen LogP contribution in [0, 0.1) is 5.82 Å². The van der Waals surface area contributed by atoms with Crippen molar-refractivity contribution in [2.45, 2.75) is 24.9 Å². The number of nitrogens with one attached hydrogen (secondary N) is 3. The molecule has 1 saturated heterocycles. The first-order valence-electron chi connectivity index (χ1n) is 10.9. The maximum absolute atomic E-state index is 14.1. The first-order chi connectivity index (χ1) is 16.6. The third-order valence-corrected chi connectivity index (χ3v) is 6.09. The van der Waals surface area contributed by atoms with Crippen LogP contribution < -0.4 is 10.6 Å². The molecule has 4 heterocycles. The Kier molecular flexibility index (Phi) is 6.37. The zero-order chi connectivity index (χ0) is 23.5. The Hall–Kier alpha value is -3.56. The van der Waals surface area contributed by atoms with E-state index in [4.69, 9.17) is 16.3 Å². The third-order valence-electron chi connectivity index (χ3n) is 5.78. The summed E-state index contributed by atoms with van der Waals surface area (Å²) < 4.78 is 19.5. The van der Waals surface area contributed by atoms with Gasteiger partial charge in [0.05, 0.1) is 22.8 Å². The number of pyridine rings is 2. The number of rotatable bonds is 6. The molecule has 1 aromatic carbocycles. The van der Waals surface area contributed by atoms with Gasteiger partial charge in [0.1, 0.15) is 17.3 Å². The lowest BCUT2D eigenvalue weighted by atomic mass is 10.0. The summed E-state index contributed by atoms with van der Waals surface area (Å²) in [6.07, 6.45) is 6.78. The molecular weight excluding hydrogens is 459 g/mol. The fraction of sp³-hybridized carbons (Fsp3) is 0.250. The molecule has 1 amide bonds. The minimum Gasteiger partial charge on any atom is -0.381 e. The Morgan fingerprint density at radius 3 is 2.76 bits per heavy atom. The summed E-state index contributed by atoms with van der Waals surface area (Å²) in [7, 11) is 0. The lowest BCUT2D eigenvalue weighted by Crippen LogP contribution is -2.30. The van der Waals surface area contributed by atoms with Gasteiger partial charge < -0.3 is 15.4 Å². The number of anilines is 1. The first-order valence-corrected chi connectivity index (χ1v) is 11.3. The molecule has 1 aliphatic rings. The van der Waals surface area contributed by atoms with E-state index in [1.165, 1.54) is 12.1 Å². The van der Waals surface area contributed by atoms with Crippen molar-refractivity contribution in [1.29, 1.82) is 0 Å². The van der Waals surface area contributed by atoms with Gasteiger partial charge in [0.25, 0.3) is 5.91 Å². The topological polar surface area (TPSA) is 105 Å². The Morgan fingerprint density at radius 2 is 2.00 bits per heavy atom. The second kappa shape index (κ2) is 9.74. The monoisotopic (exact) mass is 480 g/mol. The molecule has 1 fully saturated rings. The number of fused-ring (bicyclic) bond motifs is 1. The molecule has 4 aromatic rings. The smallest absolute Gasteiger partial charge is 0.270 e. The number of aromatic amines is 1. The van der Waals surface area contributed by atoms with Gasteiger partial charge in [-0.25, -0.2) is 14.4 Å². The quantitative estimate of drug-likeness (QED) is 0.381. The number of hydrogen-bond acceptors (Lipinski definition) is 6. The van der Waals surface area contributed by atoms with E-state index in [2.05, 4.69) is 30.8 Å². The van der Waals surface area contributed by atoms with Gasteiger partial charge in [0, 0.05) is 48.7 Å². The highest BCUT2D eigenvalue weighted by Crippen LogP contribution is 2.26. The van der Waals surface area contributed by atoms with Crippen LogP contribution in [-0.4, -0.2) is 45.3 Å². The molecule has 1 atom stereocenters. The van der Waals surface area contributed by atoms with Gasteiger partial charge in [0.2, 0.25) is 0 Å². The Morgan fingerprint density at radius 1 is 1.15 bits per heavy atom. The predicted molar refractivity (Wildman–Crippen MR) is 126 cm³/mol. The lowest BCUT2D eigenvalue weighted by Gasteiger charge is -2.23. The summed E-state index contributed by atoms with van der Waals surface area (Å²) in [5, 5.41) is 13.9. The zero-order valence-electron chi connectivity index (χ0n) is 18.1. The molecule has 3 N–H and O–H groups in total. The van der Waals surface area contributed by atoms with Gasteiger partial charge >= 0.3 is 0 Å². The van der Waals surface area contributed by atoms with Crippen LogP contribution in [0.5, 0.6) is 0 Å². The number of nitrogens with zero attached hydrogens (tertiary/aromatic N) is 3. The van der Waals surface area contributed by atoms with Crippen LogP contribution >= 0.6 is 11.6 Å². The number of benzene rings is 1. The molecule has 3 aromatic heterocycles. The molecule has 5 rings (SSSR count). The summed E-state index contributed by atoms with van der Waals surface area (Å²) in [4.78, 5) is 22.2. The van der Waals surface area contributed by atoms with Gasteiger partial charge in [-0.3, -0.25) is 9.89 Å². The minimum atomic E-state index is -0.640. The molecule has 10 heteroatoms. The Bertz CT molecular complexity index is 1310. The Labute approximate surface area is 199 Å². The molecular formula is C24H22ClFN6O2. The molecule has 0 unspecified atom stereocenters. The number of halogens is 2. The van der Waals surface area contributed by atoms with E-state index in [1.807, 2.05) is 6.07 Å². The predicted octanol–water partition coefficient (Wildman–Crippen LogP) is 4.26. The summed E-state index contributed by atoms with van der Waals surface area (Å²) in [6.45, 7) is 1.45. The zero-order valence-corrected chi connectivity index (χ0v) is 18.8. The second-order valence-corrected chi connectivity index (χ2v) is 8.51. The molecule has 34 heavy (non-hydrogen) atoms. The highest BCUT2D eigenvalue weighted by atomic mass is 35.5. The summed E-state index contributed by atoms with van der Waals surface area (Å²) >= 11 is 5.83. The van der Waals surface area contributed by atoms with Gasteiger partial charge in [-0.1, -0.05) is 17.7 Å². The number of aromatic nitrogens is 4. The fourth-order valence-corrected chi connectivity index (χ4v) is 4.07. The number of amides is 1. The van der Waals surface area contributed by atoms with Gasteiger partial charge in [-0.15, -0.1) is 0 Å². The number of H-pyrrole nitrogens is 1. The molecule has 0 radical (unpaired) electrons. The number of hydrogen-bond donors (Lipinski definition) is 3. The normalized spacial score (nSPS) is 15.2. The third kappa shape index (κ3) is 4.85. The molecule has 174 valence electrons. The van der Waals surface area contributed by atoms with Gasteiger partial charge in [0.15, 0.2) is 0 Å². The van der Waals surface area contributed by atoms with Crippen LogP contribution in [0.25, 0.3) is 10.9 Å². The molecule has 8 nitrogen and oxygen atoms in total. The first kappa shape index (κ1) is 22.2. The van der Waals surface area contributed by atoms with Crippen molar-refractivity contribution in [2.75, 3.05) is 18.5 Å². The maximum Gasteiger partial charge on any atom is 0.270 e. The maximum atomic E-state index is 14.1. The van der Waals surface area contributed by atoms with Crippen LogP contribution in [0.1, 0.15) is 40.5 Å². The lowest BCUT2D eigenvalue weighted by molar-refractivity contribution is 0.0903. The van der Waals surface area contributed by atoms with Crippen LogP contribution in [-0.2, 0) is 4.74 Å². The van der Waals surface area contributed by atoms with E-state index in [0.717, 1.165) is 31.4 Å². The fourth-order valence-electron chi connectivity index (χ4n) is 3.95. The molecule has 1 aliphatic heterocycles. The largest absolute Gasteiger partial charge is 0.381 e. The molecule has 0 spiro atoms. The van der Waals surface area contributed by atoms with E-state index >= 15 is 0 Å². The van der Waals surface area contributed by atoms with Crippen molar-refractivity contribution in [3.63, 3.8) is 0 Å². The van der Waals surface area contributed by atoms with Crippen LogP contribution in [0.15, 0.2) is 55.0 Å². The Balaban J connectivity index is 1.40. The average molecular weight is 481 g/mol. The van der Waals surface area contributed by atoms with Crippen molar-refractivity contribution in [3.05, 3.63) is 82.6 Å². The highest BCUT2D eigenvalue weighted by molar-refractivity contribution is 6.30. The van der Waals surface area contributed by atoms with Crippen LogP contribution in [0.4, 0.5) is 10.2 Å². The van der Waals surface area contributed by atoms with Crippen molar-refractivity contribution in [1.82, 2.24) is 25.5 Å². The highest BCUT2D eigenvalue weighted by Gasteiger charge is 2.21. The SMILES string of the molecule is O=C(N[C@H](c1cn[nH]c1)c1ccc(Cl)c(F)c1)c1ccc2cnc(NC3CCOCC3)cc2n1. The van der Waals surface area contributed by atoms with Crippen LogP contribution in [0.2, 0.25) is 5.02 Å². The van der Waals surface area contributed by atoms with E-state index < -0.39 is 17.8 Å². The summed E-state index contributed by atoms with van der Waals surface area (Å²) in [6, 6.07) is 9.35. The van der Waals surface area contributed by atoms with Crippen molar-refractivity contribution < 1.29 is 13.9 Å². The van der Waals surface area contributed by atoms with Crippen molar-refractivity contribution >= 4 is 34.2 Å². The van der Waals surface area contributed by atoms with Crippen molar-refractivity contribution in [2.24, 2.45) is 0 Å². The van der Waals surface area contributed by atoms with Gasteiger partial charge in [-0.2, -0.15) is 5.10 Å². The summed E-state index contributed by atoms with van der Waals surface area (Å²) in [5.41, 5.74) is 2.08. The standard InChI is InChI=1S/C24H22ClFN6O2/c25-18-3-1-14(9-19(18)26)23(16-12-28-29-13-16)32-24(33)20-4-2-15-11-27-22(10-21(15)31-20)30-17-5-7-34-8-6-17/h1-4,9-13,17,23H,5-8H2,(H,27,30)(H,28,29)(H,32,33)/t23-/m0/s1. The van der Waals surface area contributed by atoms with Crippen LogP contribution in [0.3, 0.4) is 0 Å². The molecule has 0 saturated carbocycles. The van der Waals surface area contributed by atoms with Gasteiger partial charge in [-0.05, 0) is 42.7 Å². The molecule has 0 bridgehead atoms.